The van der Waals surface area contributed by atoms with Gasteiger partial charge in [0, 0.05) is 6.04 Å². The van der Waals surface area contributed by atoms with Crippen LogP contribution >= 0.6 is 11.3 Å². The molecule has 92 valence electrons. The molecule has 17 heavy (non-hydrogen) atoms. The first-order chi connectivity index (χ1) is 8.31. The summed E-state index contributed by atoms with van der Waals surface area (Å²) in [6.45, 7) is 4.44. The normalized spacial score (nSPS) is 14.4. The Balaban J connectivity index is 2.64. The summed E-state index contributed by atoms with van der Waals surface area (Å²) < 4.78 is 3.55. The second-order valence-electron chi connectivity index (χ2n) is 4.20. The highest BCUT2D eigenvalue weighted by atomic mass is 32.1. The summed E-state index contributed by atoms with van der Waals surface area (Å²) in [5, 5.41) is 3.94. The second kappa shape index (κ2) is 5.36. The molecule has 0 radical (unpaired) electrons. The molecule has 1 atom stereocenters. The first-order valence-corrected chi connectivity index (χ1v) is 6.97. The lowest BCUT2D eigenvalue weighted by Crippen LogP contribution is -2.21. The maximum Gasteiger partial charge on any atom is 0.208 e. The minimum absolute atomic E-state index is 0.499. The fraction of sp³-hybridized carbons (Fsp3) is 0.462. The fourth-order valence-corrected chi connectivity index (χ4v) is 3.30. The van der Waals surface area contributed by atoms with Gasteiger partial charge in [0.1, 0.15) is 0 Å². The molecule has 0 aliphatic rings. The Labute approximate surface area is 106 Å². The number of benzene rings is 1. The van der Waals surface area contributed by atoms with E-state index in [1.165, 1.54) is 23.1 Å². The van der Waals surface area contributed by atoms with Crippen molar-refractivity contribution in [1.29, 1.82) is 0 Å². The standard InChI is InChI=1S/C13H19N3S/c1-3-7-10(4-2)16-11-8-5-6-9-12(11)17-13(16)15-14/h5-6,8-10H,3-4,7,14H2,1-2H3. The van der Waals surface area contributed by atoms with E-state index < -0.39 is 0 Å². The molecule has 1 aromatic carbocycles. The van der Waals surface area contributed by atoms with Gasteiger partial charge in [0.05, 0.1) is 10.2 Å². The summed E-state index contributed by atoms with van der Waals surface area (Å²) >= 11 is 1.66. The molecule has 1 unspecified atom stereocenters. The number of nitrogens with two attached hydrogens (primary N) is 1. The van der Waals surface area contributed by atoms with E-state index in [1.54, 1.807) is 11.3 Å². The lowest BCUT2D eigenvalue weighted by atomic mass is 10.1. The molecule has 0 aliphatic carbocycles. The van der Waals surface area contributed by atoms with Crippen LogP contribution in [0.25, 0.3) is 10.2 Å². The van der Waals surface area contributed by atoms with E-state index in [2.05, 4.69) is 47.8 Å². The number of thiazole rings is 1. The molecule has 3 nitrogen and oxygen atoms in total. The SMILES string of the molecule is CCCC(CC)n1c(=NN)sc2ccccc21. The number of rotatable bonds is 4. The van der Waals surface area contributed by atoms with Gasteiger partial charge in [-0.25, -0.2) is 0 Å². The lowest BCUT2D eigenvalue weighted by Gasteiger charge is -2.17. The molecule has 1 heterocycles. The van der Waals surface area contributed by atoms with Gasteiger partial charge in [-0.15, -0.1) is 0 Å². The highest BCUT2D eigenvalue weighted by Crippen LogP contribution is 2.24. The smallest absolute Gasteiger partial charge is 0.208 e. The van der Waals surface area contributed by atoms with Gasteiger partial charge < -0.3 is 10.4 Å². The Morgan fingerprint density at radius 2 is 2.12 bits per heavy atom. The molecule has 0 saturated carbocycles. The van der Waals surface area contributed by atoms with Crippen molar-refractivity contribution in [3.05, 3.63) is 29.1 Å². The predicted molar refractivity (Wildman–Crippen MR) is 73.8 cm³/mol. The van der Waals surface area contributed by atoms with E-state index in [-0.39, 0.29) is 0 Å². The molecule has 0 bridgehead atoms. The van der Waals surface area contributed by atoms with Crippen molar-refractivity contribution in [2.75, 3.05) is 0 Å². The molecule has 2 N–H and O–H groups in total. The maximum absolute atomic E-state index is 5.52. The molecule has 0 fully saturated rings. The Kier molecular flexibility index (Phi) is 3.84. The van der Waals surface area contributed by atoms with E-state index in [0.29, 0.717) is 6.04 Å². The van der Waals surface area contributed by atoms with Crippen molar-refractivity contribution < 1.29 is 0 Å². The van der Waals surface area contributed by atoms with Gasteiger partial charge in [-0.1, -0.05) is 43.7 Å². The zero-order chi connectivity index (χ0) is 12.3. The summed E-state index contributed by atoms with van der Waals surface area (Å²) in [6.07, 6.45) is 3.46. The molecule has 0 amide bonds. The molecule has 0 saturated heterocycles. The van der Waals surface area contributed by atoms with Crippen molar-refractivity contribution >= 4 is 21.6 Å². The molecular weight excluding hydrogens is 230 g/mol. The summed E-state index contributed by atoms with van der Waals surface area (Å²) in [5.74, 6) is 5.52. The summed E-state index contributed by atoms with van der Waals surface area (Å²) in [5.41, 5.74) is 1.25. The van der Waals surface area contributed by atoms with Crippen LogP contribution in [0.2, 0.25) is 0 Å². The maximum atomic E-state index is 5.52. The van der Waals surface area contributed by atoms with Crippen LogP contribution in [0.15, 0.2) is 29.4 Å². The Bertz CT molecular complexity index is 553. The van der Waals surface area contributed by atoms with Gasteiger partial charge in [0.15, 0.2) is 0 Å². The third-order valence-electron chi connectivity index (χ3n) is 3.10. The number of para-hydroxylation sites is 1. The van der Waals surface area contributed by atoms with Crippen LogP contribution in [0, 0.1) is 0 Å². The van der Waals surface area contributed by atoms with Crippen molar-refractivity contribution in [3.63, 3.8) is 0 Å². The highest BCUT2D eigenvalue weighted by molar-refractivity contribution is 7.16. The van der Waals surface area contributed by atoms with E-state index in [1.807, 2.05) is 0 Å². The van der Waals surface area contributed by atoms with Gasteiger partial charge in [-0.2, -0.15) is 5.10 Å². The third kappa shape index (κ3) is 2.22. The molecule has 0 aliphatic heterocycles. The molecule has 2 aromatic rings. The van der Waals surface area contributed by atoms with E-state index in [9.17, 15) is 0 Å². The number of nitrogens with zero attached hydrogens (tertiary/aromatic N) is 2. The van der Waals surface area contributed by atoms with E-state index in [4.69, 9.17) is 5.84 Å². The van der Waals surface area contributed by atoms with E-state index in [0.717, 1.165) is 11.2 Å². The van der Waals surface area contributed by atoms with Gasteiger partial charge in [0.2, 0.25) is 4.80 Å². The number of hydrogen-bond donors (Lipinski definition) is 1. The van der Waals surface area contributed by atoms with Gasteiger partial charge in [-0.05, 0) is 25.0 Å². The van der Waals surface area contributed by atoms with Gasteiger partial charge >= 0.3 is 0 Å². The Morgan fingerprint density at radius 3 is 2.76 bits per heavy atom. The van der Waals surface area contributed by atoms with Crippen LogP contribution in [-0.2, 0) is 0 Å². The van der Waals surface area contributed by atoms with Crippen molar-refractivity contribution in [3.8, 4) is 0 Å². The van der Waals surface area contributed by atoms with Gasteiger partial charge in [-0.3, -0.25) is 0 Å². The summed E-state index contributed by atoms with van der Waals surface area (Å²) in [7, 11) is 0. The Morgan fingerprint density at radius 1 is 1.35 bits per heavy atom. The fourth-order valence-electron chi connectivity index (χ4n) is 2.28. The van der Waals surface area contributed by atoms with Crippen LogP contribution in [0.1, 0.15) is 39.2 Å². The molecular formula is C13H19N3S. The monoisotopic (exact) mass is 249 g/mol. The minimum Gasteiger partial charge on any atom is -0.320 e. The molecule has 0 spiro atoms. The van der Waals surface area contributed by atoms with Crippen molar-refractivity contribution in [2.45, 2.75) is 39.2 Å². The van der Waals surface area contributed by atoms with Gasteiger partial charge in [0.25, 0.3) is 0 Å². The summed E-state index contributed by atoms with van der Waals surface area (Å²) in [6, 6.07) is 8.91. The second-order valence-corrected chi connectivity index (χ2v) is 5.21. The average Bonchev–Trinajstić information content (AvgIpc) is 2.74. The summed E-state index contributed by atoms with van der Waals surface area (Å²) in [4.78, 5) is 0.923. The zero-order valence-electron chi connectivity index (χ0n) is 10.4. The predicted octanol–water partition coefficient (Wildman–Crippen LogP) is 3.23. The average molecular weight is 249 g/mol. The van der Waals surface area contributed by atoms with Crippen LogP contribution in [0.5, 0.6) is 0 Å². The van der Waals surface area contributed by atoms with Crippen LogP contribution in [-0.4, -0.2) is 4.57 Å². The van der Waals surface area contributed by atoms with Crippen LogP contribution < -0.4 is 10.6 Å². The van der Waals surface area contributed by atoms with E-state index >= 15 is 0 Å². The van der Waals surface area contributed by atoms with Crippen molar-refractivity contribution in [2.24, 2.45) is 10.9 Å². The molecule has 4 heteroatoms. The molecule has 2 rings (SSSR count). The van der Waals surface area contributed by atoms with Crippen LogP contribution in [0.4, 0.5) is 0 Å². The first-order valence-electron chi connectivity index (χ1n) is 6.15. The Hall–Kier alpha value is -1.29. The minimum atomic E-state index is 0.499. The van der Waals surface area contributed by atoms with Crippen LogP contribution in [0.3, 0.4) is 0 Å². The first kappa shape index (κ1) is 12.2. The highest BCUT2D eigenvalue weighted by Gasteiger charge is 2.13. The topological polar surface area (TPSA) is 43.3 Å². The number of fused-ring (bicyclic) bond motifs is 1. The largest absolute Gasteiger partial charge is 0.320 e. The number of aromatic nitrogens is 1. The lowest BCUT2D eigenvalue weighted by molar-refractivity contribution is 0.449. The quantitative estimate of drug-likeness (QED) is 0.656. The zero-order valence-corrected chi connectivity index (χ0v) is 11.2. The number of hydrogen-bond acceptors (Lipinski definition) is 3. The van der Waals surface area contributed by atoms with Crippen molar-refractivity contribution in [1.82, 2.24) is 4.57 Å². The third-order valence-corrected chi connectivity index (χ3v) is 4.15. The molecule has 1 aromatic heterocycles.